The number of hydrogen-bond acceptors (Lipinski definition) is 4. The highest BCUT2D eigenvalue weighted by atomic mass is 16.7. The van der Waals surface area contributed by atoms with Gasteiger partial charge in [0.15, 0.2) is 11.5 Å². The van der Waals surface area contributed by atoms with Crippen molar-refractivity contribution < 1.29 is 14.3 Å². The maximum atomic E-state index is 12.4. The summed E-state index contributed by atoms with van der Waals surface area (Å²) in [7, 11) is 0. The Bertz CT molecular complexity index is 576. The van der Waals surface area contributed by atoms with Crippen molar-refractivity contribution >= 4 is 5.91 Å². The molecule has 1 aromatic carbocycles. The first kappa shape index (κ1) is 14.8. The lowest BCUT2D eigenvalue weighted by molar-refractivity contribution is 0.0892. The van der Waals surface area contributed by atoms with Crippen LogP contribution in [0.5, 0.6) is 11.5 Å². The van der Waals surface area contributed by atoms with E-state index in [1.54, 1.807) is 18.2 Å². The zero-order valence-corrected chi connectivity index (χ0v) is 13.4. The molecule has 3 aliphatic rings. The number of carbonyl (C=O) groups is 1. The first-order valence-electron chi connectivity index (χ1n) is 8.74. The van der Waals surface area contributed by atoms with Crippen LogP contribution in [0.25, 0.3) is 0 Å². The summed E-state index contributed by atoms with van der Waals surface area (Å²) < 4.78 is 10.6. The van der Waals surface area contributed by atoms with E-state index in [4.69, 9.17) is 9.47 Å². The maximum Gasteiger partial charge on any atom is 0.251 e. The van der Waals surface area contributed by atoms with Gasteiger partial charge in [-0.15, -0.1) is 0 Å². The molecule has 1 aromatic rings. The lowest BCUT2D eigenvalue weighted by atomic mass is 10.0. The van der Waals surface area contributed by atoms with Crippen molar-refractivity contribution in [1.29, 1.82) is 0 Å². The second-order valence-electron chi connectivity index (χ2n) is 6.79. The Labute approximate surface area is 136 Å². The van der Waals surface area contributed by atoms with E-state index in [9.17, 15) is 4.79 Å². The van der Waals surface area contributed by atoms with Crippen molar-refractivity contribution in [1.82, 2.24) is 10.2 Å². The van der Waals surface area contributed by atoms with E-state index in [1.807, 2.05) is 0 Å². The molecule has 2 heterocycles. The summed E-state index contributed by atoms with van der Waals surface area (Å²) in [4.78, 5) is 15.1. The normalized spacial score (nSPS) is 22.4. The number of piperidine rings is 1. The minimum absolute atomic E-state index is 0.0115. The Morgan fingerprint density at radius 3 is 2.57 bits per heavy atom. The van der Waals surface area contributed by atoms with Crippen molar-refractivity contribution in [2.45, 2.75) is 50.6 Å². The second kappa shape index (κ2) is 6.40. The lowest BCUT2D eigenvalue weighted by Crippen LogP contribution is -2.47. The summed E-state index contributed by atoms with van der Waals surface area (Å²) in [6, 6.07) is 6.45. The van der Waals surface area contributed by atoms with E-state index in [-0.39, 0.29) is 18.7 Å². The van der Waals surface area contributed by atoms with Gasteiger partial charge in [-0.3, -0.25) is 4.79 Å². The summed E-state index contributed by atoms with van der Waals surface area (Å²) >= 11 is 0. The average molecular weight is 316 g/mol. The van der Waals surface area contributed by atoms with Gasteiger partial charge in [0.05, 0.1) is 0 Å². The SMILES string of the molecule is O=C(NC1CCN(C2CCCC2)CC1)c1ccc2c(c1)OCO2. The molecular weight excluding hydrogens is 292 g/mol. The smallest absolute Gasteiger partial charge is 0.251 e. The van der Waals surface area contributed by atoms with Gasteiger partial charge in [0.25, 0.3) is 5.91 Å². The Balaban J connectivity index is 1.31. The van der Waals surface area contributed by atoms with Gasteiger partial charge in [-0.2, -0.15) is 0 Å². The molecule has 2 fully saturated rings. The molecule has 0 bridgehead atoms. The third-order valence-electron chi connectivity index (χ3n) is 5.34. The molecule has 1 amide bonds. The molecule has 0 radical (unpaired) electrons. The van der Waals surface area contributed by atoms with E-state index in [2.05, 4.69) is 10.2 Å². The molecule has 0 atom stereocenters. The van der Waals surface area contributed by atoms with Crippen molar-refractivity contribution in [3.05, 3.63) is 23.8 Å². The van der Waals surface area contributed by atoms with Gasteiger partial charge in [0, 0.05) is 30.7 Å². The van der Waals surface area contributed by atoms with Crippen LogP contribution in [0.15, 0.2) is 18.2 Å². The quantitative estimate of drug-likeness (QED) is 0.931. The molecule has 0 aromatic heterocycles. The molecule has 2 aliphatic heterocycles. The number of fused-ring (bicyclic) bond motifs is 1. The van der Waals surface area contributed by atoms with E-state index >= 15 is 0 Å². The van der Waals surface area contributed by atoms with Crippen molar-refractivity contribution in [3.63, 3.8) is 0 Å². The number of benzene rings is 1. The standard InChI is InChI=1S/C18H24N2O3/c21-18(13-5-6-16-17(11-13)23-12-22-16)19-14-7-9-20(10-8-14)15-3-1-2-4-15/h5-6,11,14-15H,1-4,7-10,12H2,(H,19,21). The molecule has 4 rings (SSSR count). The lowest BCUT2D eigenvalue weighted by Gasteiger charge is -2.36. The largest absolute Gasteiger partial charge is 0.454 e. The molecule has 1 aliphatic carbocycles. The highest BCUT2D eigenvalue weighted by molar-refractivity contribution is 5.95. The summed E-state index contributed by atoms with van der Waals surface area (Å²) in [6.07, 6.45) is 7.57. The summed E-state index contributed by atoms with van der Waals surface area (Å²) in [6.45, 7) is 2.45. The number of nitrogens with one attached hydrogen (secondary N) is 1. The topological polar surface area (TPSA) is 50.8 Å². The first-order valence-corrected chi connectivity index (χ1v) is 8.74. The highest BCUT2D eigenvalue weighted by Crippen LogP contribution is 2.32. The number of hydrogen-bond donors (Lipinski definition) is 1. The van der Waals surface area contributed by atoms with Crippen LogP contribution in [0.4, 0.5) is 0 Å². The van der Waals surface area contributed by atoms with Crippen LogP contribution in [-0.4, -0.2) is 42.8 Å². The molecule has 0 spiro atoms. The Hall–Kier alpha value is -1.75. The molecule has 1 saturated heterocycles. The second-order valence-corrected chi connectivity index (χ2v) is 6.79. The number of likely N-dealkylation sites (tertiary alicyclic amines) is 1. The Morgan fingerprint density at radius 1 is 1.04 bits per heavy atom. The fourth-order valence-electron chi connectivity index (χ4n) is 3.98. The predicted molar refractivity (Wildman–Crippen MR) is 86.9 cm³/mol. The number of nitrogens with zero attached hydrogens (tertiary/aromatic N) is 1. The first-order chi connectivity index (χ1) is 11.3. The third kappa shape index (κ3) is 3.15. The molecule has 0 unspecified atom stereocenters. The third-order valence-corrected chi connectivity index (χ3v) is 5.34. The highest BCUT2D eigenvalue weighted by Gasteiger charge is 2.28. The number of rotatable bonds is 3. The van der Waals surface area contributed by atoms with Gasteiger partial charge in [-0.25, -0.2) is 0 Å². The van der Waals surface area contributed by atoms with Gasteiger partial charge >= 0.3 is 0 Å². The van der Waals surface area contributed by atoms with E-state index < -0.39 is 0 Å². The maximum absolute atomic E-state index is 12.4. The van der Waals surface area contributed by atoms with Crippen LogP contribution < -0.4 is 14.8 Å². The van der Waals surface area contributed by atoms with Crippen LogP contribution in [0.2, 0.25) is 0 Å². The molecule has 1 saturated carbocycles. The Morgan fingerprint density at radius 2 is 1.78 bits per heavy atom. The van der Waals surface area contributed by atoms with Crippen molar-refractivity contribution in [2.75, 3.05) is 19.9 Å². The average Bonchev–Trinajstić information content (AvgIpc) is 3.26. The van der Waals surface area contributed by atoms with Crippen LogP contribution >= 0.6 is 0 Å². The van der Waals surface area contributed by atoms with Crippen LogP contribution in [0, 0.1) is 0 Å². The van der Waals surface area contributed by atoms with Crippen LogP contribution in [-0.2, 0) is 0 Å². The molecule has 23 heavy (non-hydrogen) atoms. The predicted octanol–water partition coefficient (Wildman–Crippen LogP) is 2.55. The van der Waals surface area contributed by atoms with Gasteiger partial charge in [0.2, 0.25) is 6.79 Å². The van der Waals surface area contributed by atoms with E-state index in [0.717, 1.165) is 32.0 Å². The van der Waals surface area contributed by atoms with E-state index in [1.165, 1.54) is 25.7 Å². The molecule has 124 valence electrons. The van der Waals surface area contributed by atoms with Gasteiger partial charge in [0.1, 0.15) is 0 Å². The minimum Gasteiger partial charge on any atom is -0.454 e. The zero-order chi connectivity index (χ0) is 15.6. The number of ether oxygens (including phenoxy) is 2. The monoisotopic (exact) mass is 316 g/mol. The fraction of sp³-hybridized carbons (Fsp3) is 0.611. The van der Waals surface area contributed by atoms with Crippen LogP contribution in [0.3, 0.4) is 0 Å². The molecule has 1 N–H and O–H groups in total. The summed E-state index contributed by atoms with van der Waals surface area (Å²) in [5.74, 6) is 1.36. The number of amides is 1. The van der Waals surface area contributed by atoms with Crippen molar-refractivity contribution in [3.8, 4) is 11.5 Å². The van der Waals surface area contributed by atoms with Crippen LogP contribution in [0.1, 0.15) is 48.9 Å². The van der Waals surface area contributed by atoms with Gasteiger partial charge in [-0.1, -0.05) is 12.8 Å². The Kier molecular flexibility index (Phi) is 4.12. The summed E-state index contributed by atoms with van der Waals surface area (Å²) in [5, 5.41) is 3.18. The number of carbonyl (C=O) groups excluding carboxylic acids is 1. The fourth-order valence-corrected chi connectivity index (χ4v) is 3.98. The van der Waals surface area contributed by atoms with E-state index in [0.29, 0.717) is 17.1 Å². The van der Waals surface area contributed by atoms with Gasteiger partial charge < -0.3 is 19.7 Å². The van der Waals surface area contributed by atoms with Gasteiger partial charge in [-0.05, 0) is 43.9 Å². The summed E-state index contributed by atoms with van der Waals surface area (Å²) in [5.41, 5.74) is 0.646. The van der Waals surface area contributed by atoms with Crippen molar-refractivity contribution in [2.24, 2.45) is 0 Å². The molecule has 5 heteroatoms. The zero-order valence-electron chi connectivity index (χ0n) is 13.4. The molecule has 5 nitrogen and oxygen atoms in total. The minimum atomic E-state index is -0.0115. The molecular formula is C18H24N2O3.